The molecule has 0 aliphatic carbocycles. The molecule has 0 N–H and O–H groups in total. The monoisotopic (exact) mass is 350 g/mol. The molecule has 9 heteroatoms. The van der Waals surface area contributed by atoms with Crippen LogP contribution in [0.15, 0.2) is 25.7 Å². The topological polar surface area (TPSA) is 95.7 Å². The molecule has 1 unspecified atom stereocenters. The van der Waals surface area contributed by atoms with Gasteiger partial charge in [0.1, 0.15) is 0 Å². The van der Waals surface area contributed by atoms with Crippen LogP contribution in [0.25, 0.3) is 11.6 Å². The maximum atomic E-state index is 5.43. The standard InChI is InChI=1S/C12H11BrN6O2/c13-9-3-2-8(20-9)11-14-12(21-16-11)7-1-4-10-15-17-18-19(10)6-5-7/h2-3,7H,1,4-6H2. The fourth-order valence-electron chi connectivity index (χ4n) is 2.48. The van der Waals surface area contributed by atoms with Gasteiger partial charge < -0.3 is 8.94 Å². The molecule has 4 rings (SSSR count). The van der Waals surface area contributed by atoms with Gasteiger partial charge in [0.2, 0.25) is 11.7 Å². The largest absolute Gasteiger partial charge is 0.446 e. The van der Waals surface area contributed by atoms with E-state index in [0.29, 0.717) is 22.1 Å². The Kier molecular flexibility index (Phi) is 3.06. The third-order valence-corrected chi connectivity index (χ3v) is 4.02. The summed E-state index contributed by atoms with van der Waals surface area (Å²) < 4.78 is 13.3. The Morgan fingerprint density at radius 3 is 3.10 bits per heavy atom. The minimum atomic E-state index is 0.202. The van der Waals surface area contributed by atoms with Crippen LogP contribution >= 0.6 is 15.9 Å². The van der Waals surface area contributed by atoms with Crippen LogP contribution in [-0.2, 0) is 13.0 Å². The van der Waals surface area contributed by atoms with Crippen LogP contribution in [-0.4, -0.2) is 30.3 Å². The molecule has 0 radical (unpaired) electrons. The summed E-state index contributed by atoms with van der Waals surface area (Å²) in [6.45, 7) is 0.761. The van der Waals surface area contributed by atoms with E-state index in [1.165, 1.54) is 0 Å². The highest BCUT2D eigenvalue weighted by atomic mass is 79.9. The minimum Gasteiger partial charge on any atom is -0.446 e. The number of halogens is 1. The van der Waals surface area contributed by atoms with Crippen molar-refractivity contribution in [2.75, 3.05) is 0 Å². The molecule has 4 heterocycles. The van der Waals surface area contributed by atoms with Crippen LogP contribution in [0.2, 0.25) is 0 Å². The Morgan fingerprint density at radius 1 is 1.29 bits per heavy atom. The van der Waals surface area contributed by atoms with Gasteiger partial charge in [-0.25, -0.2) is 4.68 Å². The van der Waals surface area contributed by atoms with Crippen LogP contribution in [0, 0.1) is 0 Å². The molecular formula is C12H11BrN6O2. The van der Waals surface area contributed by atoms with Crippen molar-refractivity contribution in [3.63, 3.8) is 0 Å². The van der Waals surface area contributed by atoms with E-state index in [0.717, 1.165) is 31.6 Å². The zero-order valence-electron chi connectivity index (χ0n) is 10.9. The lowest BCUT2D eigenvalue weighted by atomic mass is 10.0. The lowest BCUT2D eigenvalue weighted by molar-refractivity contribution is 0.336. The quantitative estimate of drug-likeness (QED) is 0.698. The number of aryl methyl sites for hydroxylation is 2. The number of tetrazole rings is 1. The molecule has 0 amide bonds. The first-order valence-electron chi connectivity index (χ1n) is 6.64. The third-order valence-electron chi connectivity index (χ3n) is 3.60. The molecule has 0 saturated carbocycles. The Balaban J connectivity index is 1.55. The van der Waals surface area contributed by atoms with E-state index in [4.69, 9.17) is 8.94 Å². The molecule has 1 aliphatic heterocycles. The highest BCUT2D eigenvalue weighted by Gasteiger charge is 2.24. The van der Waals surface area contributed by atoms with Gasteiger partial charge in [-0.05, 0) is 51.3 Å². The summed E-state index contributed by atoms with van der Waals surface area (Å²) in [5, 5.41) is 15.7. The summed E-state index contributed by atoms with van der Waals surface area (Å²) in [5.74, 6) is 2.80. The Labute approximate surface area is 127 Å². The first-order chi connectivity index (χ1) is 10.3. The van der Waals surface area contributed by atoms with Crippen LogP contribution in [0.4, 0.5) is 0 Å². The van der Waals surface area contributed by atoms with E-state index in [9.17, 15) is 0 Å². The Bertz CT molecular complexity index is 741. The van der Waals surface area contributed by atoms with Crippen molar-refractivity contribution in [2.24, 2.45) is 0 Å². The van der Waals surface area contributed by atoms with Gasteiger partial charge in [0.25, 0.3) is 0 Å². The number of hydrogen-bond acceptors (Lipinski definition) is 7. The summed E-state index contributed by atoms with van der Waals surface area (Å²) in [6.07, 6.45) is 2.58. The van der Waals surface area contributed by atoms with E-state index in [1.54, 1.807) is 12.1 Å². The minimum absolute atomic E-state index is 0.202. The summed E-state index contributed by atoms with van der Waals surface area (Å²) in [4.78, 5) is 4.45. The SMILES string of the molecule is Brc1ccc(-c2noc(C3CCc4nnnn4CC3)n2)o1. The number of nitrogens with zero attached hydrogens (tertiary/aromatic N) is 6. The van der Waals surface area contributed by atoms with E-state index < -0.39 is 0 Å². The summed E-state index contributed by atoms with van der Waals surface area (Å²) >= 11 is 3.26. The first kappa shape index (κ1) is 12.7. The van der Waals surface area contributed by atoms with E-state index in [1.807, 2.05) is 4.68 Å². The summed E-state index contributed by atoms with van der Waals surface area (Å²) in [7, 11) is 0. The zero-order valence-corrected chi connectivity index (χ0v) is 12.5. The summed E-state index contributed by atoms with van der Waals surface area (Å²) in [6, 6.07) is 3.60. The van der Waals surface area contributed by atoms with Crippen molar-refractivity contribution in [1.29, 1.82) is 0 Å². The molecule has 0 saturated heterocycles. The van der Waals surface area contributed by atoms with Crippen molar-refractivity contribution in [3.05, 3.63) is 28.5 Å². The molecule has 21 heavy (non-hydrogen) atoms. The maximum Gasteiger partial charge on any atom is 0.238 e. The van der Waals surface area contributed by atoms with E-state index in [-0.39, 0.29) is 5.92 Å². The molecule has 108 valence electrons. The van der Waals surface area contributed by atoms with Crippen LogP contribution in [0.5, 0.6) is 0 Å². The zero-order chi connectivity index (χ0) is 14.2. The molecule has 0 fully saturated rings. The predicted molar refractivity (Wildman–Crippen MR) is 73.2 cm³/mol. The third kappa shape index (κ3) is 2.37. The first-order valence-corrected chi connectivity index (χ1v) is 7.43. The molecule has 3 aromatic heterocycles. The van der Waals surface area contributed by atoms with Gasteiger partial charge >= 0.3 is 0 Å². The smallest absolute Gasteiger partial charge is 0.238 e. The van der Waals surface area contributed by atoms with Gasteiger partial charge in [-0.3, -0.25) is 0 Å². The van der Waals surface area contributed by atoms with Gasteiger partial charge in [-0.2, -0.15) is 4.98 Å². The van der Waals surface area contributed by atoms with Crippen molar-refractivity contribution < 1.29 is 8.94 Å². The molecule has 0 aromatic carbocycles. The second kappa shape index (κ2) is 5.06. The van der Waals surface area contributed by atoms with E-state index in [2.05, 4.69) is 41.6 Å². The Morgan fingerprint density at radius 2 is 2.24 bits per heavy atom. The fourth-order valence-corrected chi connectivity index (χ4v) is 2.79. The average Bonchev–Trinajstić information content (AvgIpc) is 3.19. The van der Waals surface area contributed by atoms with Crippen molar-refractivity contribution in [1.82, 2.24) is 30.3 Å². The average molecular weight is 351 g/mol. The van der Waals surface area contributed by atoms with Gasteiger partial charge in [-0.15, -0.1) is 5.10 Å². The normalized spacial score (nSPS) is 18.4. The predicted octanol–water partition coefficient (Wildman–Crippen LogP) is 2.20. The molecule has 3 aromatic rings. The van der Waals surface area contributed by atoms with Gasteiger partial charge in [0.05, 0.1) is 0 Å². The van der Waals surface area contributed by atoms with Crippen LogP contribution < -0.4 is 0 Å². The molecule has 1 aliphatic rings. The van der Waals surface area contributed by atoms with Crippen molar-refractivity contribution in [2.45, 2.75) is 31.7 Å². The van der Waals surface area contributed by atoms with E-state index >= 15 is 0 Å². The number of hydrogen-bond donors (Lipinski definition) is 0. The maximum absolute atomic E-state index is 5.43. The lowest BCUT2D eigenvalue weighted by Crippen LogP contribution is -2.04. The highest BCUT2D eigenvalue weighted by Crippen LogP contribution is 2.29. The van der Waals surface area contributed by atoms with Crippen molar-refractivity contribution >= 4 is 15.9 Å². The molecule has 0 bridgehead atoms. The number of rotatable bonds is 2. The molecule has 0 spiro atoms. The number of fused-ring (bicyclic) bond motifs is 1. The lowest BCUT2D eigenvalue weighted by Gasteiger charge is -2.06. The summed E-state index contributed by atoms with van der Waals surface area (Å²) in [5.41, 5.74) is 0. The highest BCUT2D eigenvalue weighted by molar-refractivity contribution is 9.10. The second-order valence-electron chi connectivity index (χ2n) is 4.90. The second-order valence-corrected chi connectivity index (χ2v) is 5.68. The van der Waals surface area contributed by atoms with Gasteiger partial charge in [0, 0.05) is 18.9 Å². The number of furan rings is 1. The van der Waals surface area contributed by atoms with Gasteiger partial charge in [0.15, 0.2) is 16.3 Å². The van der Waals surface area contributed by atoms with Crippen LogP contribution in [0.1, 0.15) is 30.5 Å². The Hall–Kier alpha value is -2.03. The fraction of sp³-hybridized carbons (Fsp3) is 0.417. The van der Waals surface area contributed by atoms with Crippen molar-refractivity contribution in [3.8, 4) is 11.6 Å². The molecular weight excluding hydrogens is 340 g/mol. The van der Waals surface area contributed by atoms with Gasteiger partial charge in [-0.1, -0.05) is 5.16 Å². The van der Waals surface area contributed by atoms with Crippen LogP contribution in [0.3, 0.4) is 0 Å². The number of aromatic nitrogens is 6. The molecule has 1 atom stereocenters. The molecule has 8 nitrogen and oxygen atoms in total.